The number of carbonyl (C=O) groups excluding carboxylic acids is 1. The molecule has 1 heterocycles. The second-order valence-corrected chi connectivity index (χ2v) is 7.04. The van der Waals surface area contributed by atoms with Gasteiger partial charge >= 0.3 is 0 Å². The van der Waals surface area contributed by atoms with Gasteiger partial charge in [-0.2, -0.15) is 0 Å². The van der Waals surface area contributed by atoms with Gasteiger partial charge in [0.05, 0.1) is 11.2 Å². The molecule has 0 aliphatic carbocycles. The van der Waals surface area contributed by atoms with Gasteiger partial charge in [-0.05, 0) is 41.5 Å². The number of nitrogens with zero attached hydrogens (tertiary/aromatic N) is 1. The first-order valence-corrected chi connectivity index (χ1v) is 6.17. The number of nitrogens with two attached hydrogens (primary N) is 1. The summed E-state index contributed by atoms with van der Waals surface area (Å²) < 4.78 is 5.95. The first kappa shape index (κ1) is 14.5. The molecule has 1 rings (SSSR count). The highest BCUT2D eigenvalue weighted by atomic mass is 16.5. The van der Waals surface area contributed by atoms with Gasteiger partial charge in [-0.1, -0.05) is 0 Å². The van der Waals surface area contributed by atoms with Crippen molar-refractivity contribution in [2.24, 2.45) is 5.73 Å². The van der Waals surface area contributed by atoms with Crippen LogP contribution < -0.4 is 5.73 Å². The van der Waals surface area contributed by atoms with Crippen LogP contribution >= 0.6 is 0 Å². The van der Waals surface area contributed by atoms with Gasteiger partial charge in [0.15, 0.2) is 0 Å². The van der Waals surface area contributed by atoms with E-state index >= 15 is 0 Å². The lowest BCUT2D eigenvalue weighted by Crippen LogP contribution is -2.59. The van der Waals surface area contributed by atoms with Gasteiger partial charge in [0, 0.05) is 25.0 Å². The molecule has 1 amide bonds. The van der Waals surface area contributed by atoms with Crippen LogP contribution in [0.4, 0.5) is 0 Å². The molecule has 0 unspecified atom stereocenters. The molecule has 100 valence electrons. The summed E-state index contributed by atoms with van der Waals surface area (Å²) in [6, 6.07) is 0. The van der Waals surface area contributed by atoms with E-state index in [1.807, 2.05) is 46.4 Å². The standard InChI is InChI=1S/C13H26N2O2/c1-11(2,14)7-10(16)15-8-12(3,4)17-13(5,6)9-15/h7-9,14H2,1-6H3. The Kier molecular flexibility index (Phi) is 3.61. The van der Waals surface area contributed by atoms with Gasteiger partial charge in [-0.15, -0.1) is 0 Å². The fourth-order valence-electron chi connectivity index (χ4n) is 2.47. The Morgan fingerprint density at radius 1 is 1.24 bits per heavy atom. The molecule has 0 atom stereocenters. The summed E-state index contributed by atoms with van der Waals surface area (Å²) in [7, 11) is 0. The smallest absolute Gasteiger partial charge is 0.224 e. The van der Waals surface area contributed by atoms with Gasteiger partial charge in [0.2, 0.25) is 5.91 Å². The largest absolute Gasteiger partial charge is 0.366 e. The summed E-state index contributed by atoms with van der Waals surface area (Å²) in [5.74, 6) is 0.113. The van der Waals surface area contributed by atoms with Crippen LogP contribution in [0, 0.1) is 0 Å². The highest BCUT2D eigenvalue weighted by Gasteiger charge is 2.40. The maximum absolute atomic E-state index is 12.2. The van der Waals surface area contributed by atoms with Crippen molar-refractivity contribution in [3.63, 3.8) is 0 Å². The number of hydrogen-bond donors (Lipinski definition) is 1. The predicted molar refractivity (Wildman–Crippen MR) is 68.7 cm³/mol. The first-order valence-electron chi connectivity index (χ1n) is 6.17. The fourth-order valence-corrected chi connectivity index (χ4v) is 2.47. The maximum atomic E-state index is 12.2. The number of hydrogen-bond acceptors (Lipinski definition) is 3. The van der Waals surface area contributed by atoms with Crippen molar-refractivity contribution in [3.05, 3.63) is 0 Å². The maximum Gasteiger partial charge on any atom is 0.224 e. The lowest BCUT2D eigenvalue weighted by Gasteiger charge is -2.47. The second kappa shape index (κ2) is 4.25. The normalized spacial score (nSPS) is 23.6. The van der Waals surface area contributed by atoms with Gasteiger partial charge in [0.1, 0.15) is 0 Å². The van der Waals surface area contributed by atoms with E-state index in [1.165, 1.54) is 0 Å². The zero-order chi connectivity index (χ0) is 13.5. The predicted octanol–water partition coefficient (Wildman–Crippen LogP) is 1.53. The van der Waals surface area contributed by atoms with E-state index in [0.717, 1.165) is 0 Å². The van der Waals surface area contributed by atoms with Crippen molar-refractivity contribution in [1.29, 1.82) is 0 Å². The number of carbonyl (C=O) groups is 1. The zero-order valence-corrected chi connectivity index (χ0v) is 12.0. The Morgan fingerprint density at radius 2 is 1.65 bits per heavy atom. The van der Waals surface area contributed by atoms with Gasteiger partial charge in [-0.25, -0.2) is 0 Å². The summed E-state index contributed by atoms with van der Waals surface area (Å²) in [5, 5.41) is 0. The van der Waals surface area contributed by atoms with Crippen molar-refractivity contribution in [2.75, 3.05) is 13.1 Å². The van der Waals surface area contributed by atoms with Crippen LogP contribution in [0.25, 0.3) is 0 Å². The van der Waals surface area contributed by atoms with E-state index in [0.29, 0.717) is 19.5 Å². The molecule has 0 saturated carbocycles. The van der Waals surface area contributed by atoms with Crippen molar-refractivity contribution in [1.82, 2.24) is 4.90 Å². The third-order valence-corrected chi connectivity index (χ3v) is 2.66. The molecular weight excluding hydrogens is 216 g/mol. The van der Waals surface area contributed by atoms with E-state index in [9.17, 15) is 4.79 Å². The minimum Gasteiger partial charge on any atom is -0.366 e. The van der Waals surface area contributed by atoms with E-state index in [2.05, 4.69) is 0 Å². The number of amides is 1. The zero-order valence-electron chi connectivity index (χ0n) is 12.0. The summed E-state index contributed by atoms with van der Waals surface area (Å²) >= 11 is 0. The Morgan fingerprint density at radius 3 is 2.00 bits per heavy atom. The molecule has 0 radical (unpaired) electrons. The average molecular weight is 242 g/mol. The third kappa shape index (κ3) is 4.64. The molecule has 1 aliphatic heterocycles. The van der Waals surface area contributed by atoms with Crippen LogP contribution in [-0.4, -0.2) is 40.6 Å². The average Bonchev–Trinajstić information content (AvgIpc) is 1.93. The Hall–Kier alpha value is -0.610. The monoisotopic (exact) mass is 242 g/mol. The lowest BCUT2D eigenvalue weighted by atomic mass is 9.96. The van der Waals surface area contributed by atoms with Crippen molar-refractivity contribution in [3.8, 4) is 0 Å². The summed E-state index contributed by atoms with van der Waals surface area (Å²) in [6.07, 6.45) is 0.374. The fraction of sp³-hybridized carbons (Fsp3) is 0.923. The molecule has 0 aromatic heterocycles. The molecule has 1 aliphatic rings. The summed E-state index contributed by atoms with van der Waals surface area (Å²) in [6.45, 7) is 13.1. The van der Waals surface area contributed by atoms with Crippen LogP contribution in [0.3, 0.4) is 0 Å². The molecule has 4 heteroatoms. The number of rotatable bonds is 2. The minimum absolute atomic E-state index is 0.113. The van der Waals surface area contributed by atoms with Crippen molar-refractivity contribution >= 4 is 5.91 Å². The third-order valence-electron chi connectivity index (χ3n) is 2.66. The first-order chi connectivity index (χ1) is 7.40. The van der Waals surface area contributed by atoms with Crippen LogP contribution in [0.15, 0.2) is 0 Å². The summed E-state index contributed by atoms with van der Waals surface area (Å²) in [5.41, 5.74) is 4.85. The Bertz CT molecular complexity index is 287. The second-order valence-electron chi connectivity index (χ2n) is 7.04. The Balaban J connectivity index is 2.74. The van der Waals surface area contributed by atoms with Crippen molar-refractivity contribution in [2.45, 2.75) is 64.7 Å². The lowest BCUT2D eigenvalue weighted by molar-refractivity contribution is -0.188. The molecule has 0 aromatic rings. The van der Waals surface area contributed by atoms with E-state index in [1.54, 1.807) is 0 Å². The van der Waals surface area contributed by atoms with E-state index < -0.39 is 5.54 Å². The van der Waals surface area contributed by atoms with Crippen LogP contribution in [-0.2, 0) is 9.53 Å². The number of ether oxygens (including phenoxy) is 1. The van der Waals surface area contributed by atoms with Gasteiger partial charge in [-0.3, -0.25) is 4.79 Å². The SMILES string of the molecule is CC(C)(N)CC(=O)N1CC(C)(C)OC(C)(C)C1. The minimum atomic E-state index is -0.455. The summed E-state index contributed by atoms with van der Waals surface area (Å²) in [4.78, 5) is 14.1. The van der Waals surface area contributed by atoms with E-state index in [4.69, 9.17) is 10.5 Å². The highest BCUT2D eigenvalue weighted by molar-refractivity contribution is 5.77. The Labute approximate surface area is 104 Å². The van der Waals surface area contributed by atoms with Crippen molar-refractivity contribution < 1.29 is 9.53 Å². The molecule has 1 saturated heterocycles. The van der Waals surface area contributed by atoms with Crippen LogP contribution in [0.2, 0.25) is 0 Å². The quantitative estimate of drug-likeness (QED) is 0.799. The van der Waals surface area contributed by atoms with E-state index in [-0.39, 0.29) is 17.1 Å². The number of morpholine rings is 1. The molecule has 2 N–H and O–H groups in total. The molecule has 0 spiro atoms. The highest BCUT2D eigenvalue weighted by Crippen LogP contribution is 2.28. The molecule has 1 fully saturated rings. The molecular formula is C13H26N2O2. The van der Waals surface area contributed by atoms with Gasteiger partial charge in [0.25, 0.3) is 0 Å². The molecule has 17 heavy (non-hydrogen) atoms. The van der Waals surface area contributed by atoms with Crippen LogP contribution in [0.1, 0.15) is 48.0 Å². The molecule has 0 aromatic carbocycles. The van der Waals surface area contributed by atoms with Crippen LogP contribution in [0.5, 0.6) is 0 Å². The topological polar surface area (TPSA) is 55.6 Å². The molecule has 4 nitrogen and oxygen atoms in total. The molecule has 0 bridgehead atoms. The van der Waals surface area contributed by atoms with Gasteiger partial charge < -0.3 is 15.4 Å².